The highest BCUT2D eigenvalue weighted by Gasteiger charge is 2.26. The van der Waals surface area contributed by atoms with Gasteiger partial charge in [0.2, 0.25) is 5.91 Å². The molecule has 1 unspecified atom stereocenters. The lowest BCUT2D eigenvalue weighted by Gasteiger charge is -2.16. The molecule has 1 fully saturated rings. The average Bonchev–Trinajstić information content (AvgIpc) is 2.83. The molecule has 0 aromatic carbocycles. The number of likely N-dealkylation sites (tertiary alicyclic amines) is 1. The third-order valence-corrected chi connectivity index (χ3v) is 3.56. The molecule has 1 aliphatic rings. The Morgan fingerprint density at radius 1 is 1.25 bits per heavy atom. The molecule has 114 valence electrons. The first kappa shape index (κ1) is 16.5. The fourth-order valence-corrected chi connectivity index (χ4v) is 2.48. The Labute approximate surface area is 119 Å². The molecule has 0 aliphatic carbocycles. The Morgan fingerprint density at radius 3 is 2.60 bits per heavy atom. The fraction of sp³-hybridized carbons (Fsp3) is 0.786. The predicted octanol–water partition coefficient (Wildman–Crippen LogP) is 1.99. The highest BCUT2D eigenvalue weighted by atomic mass is 16.4. The Balaban J connectivity index is 2.18. The normalized spacial score (nSPS) is 18.1. The van der Waals surface area contributed by atoms with E-state index < -0.39 is 5.97 Å². The molecule has 1 rings (SSSR count). The summed E-state index contributed by atoms with van der Waals surface area (Å²) in [5, 5.41) is 10.8. The summed E-state index contributed by atoms with van der Waals surface area (Å²) in [6, 6.07) is -0.313. The smallest absolute Gasteiger partial charge is 0.324 e. The molecule has 3 amide bonds. The van der Waals surface area contributed by atoms with Crippen LogP contribution < -0.4 is 5.32 Å². The van der Waals surface area contributed by atoms with Crippen LogP contribution in [0.1, 0.15) is 51.9 Å². The number of amides is 3. The number of rotatable bonds is 7. The molecule has 1 atom stereocenters. The number of carbonyl (C=O) groups excluding carboxylic acids is 2. The van der Waals surface area contributed by atoms with Crippen molar-refractivity contribution in [1.29, 1.82) is 0 Å². The largest absolute Gasteiger partial charge is 0.481 e. The van der Waals surface area contributed by atoms with E-state index in [9.17, 15) is 14.4 Å². The molecule has 6 nitrogen and oxygen atoms in total. The minimum atomic E-state index is -0.861. The van der Waals surface area contributed by atoms with Crippen molar-refractivity contribution in [2.45, 2.75) is 51.9 Å². The van der Waals surface area contributed by atoms with Gasteiger partial charge >= 0.3 is 12.0 Å². The number of carboxylic acid groups (broad SMARTS) is 1. The number of carbonyl (C=O) groups is 3. The number of aliphatic carboxylic acids is 1. The standard InChI is InChI=1S/C14H24N2O4/c1-2-5-11-8-9-16(10-11)14(20)15-12(17)6-3-4-7-13(18)19/h11H,2-10H2,1H3,(H,18,19)(H,15,17,20). The average molecular weight is 284 g/mol. The molecule has 0 aromatic heterocycles. The number of nitrogens with one attached hydrogen (secondary N) is 1. The van der Waals surface area contributed by atoms with Gasteiger partial charge in [0, 0.05) is 25.9 Å². The van der Waals surface area contributed by atoms with Crippen LogP contribution in [0.15, 0.2) is 0 Å². The topological polar surface area (TPSA) is 86.7 Å². The summed E-state index contributed by atoms with van der Waals surface area (Å²) in [6.07, 6.45) is 4.45. The van der Waals surface area contributed by atoms with Crippen molar-refractivity contribution in [1.82, 2.24) is 10.2 Å². The first-order chi connectivity index (χ1) is 9.52. The van der Waals surface area contributed by atoms with Crippen LogP contribution in [0, 0.1) is 5.92 Å². The van der Waals surface area contributed by atoms with E-state index in [4.69, 9.17) is 5.11 Å². The Bertz CT molecular complexity index is 357. The van der Waals surface area contributed by atoms with Crippen LogP contribution in [0.5, 0.6) is 0 Å². The maximum atomic E-state index is 11.8. The number of hydrogen-bond donors (Lipinski definition) is 2. The van der Waals surface area contributed by atoms with Crippen LogP contribution >= 0.6 is 0 Å². The van der Waals surface area contributed by atoms with E-state index in [-0.39, 0.29) is 24.8 Å². The second-order valence-corrected chi connectivity index (χ2v) is 5.34. The summed E-state index contributed by atoms with van der Waals surface area (Å²) in [5.74, 6) is -0.628. The maximum absolute atomic E-state index is 11.8. The first-order valence-electron chi connectivity index (χ1n) is 7.33. The zero-order valence-electron chi connectivity index (χ0n) is 12.1. The van der Waals surface area contributed by atoms with E-state index in [1.807, 2.05) is 0 Å². The number of hydrogen-bond acceptors (Lipinski definition) is 3. The van der Waals surface area contributed by atoms with Crippen molar-refractivity contribution in [3.63, 3.8) is 0 Å². The third-order valence-electron chi connectivity index (χ3n) is 3.56. The number of urea groups is 1. The van der Waals surface area contributed by atoms with E-state index in [2.05, 4.69) is 12.2 Å². The van der Waals surface area contributed by atoms with Crippen molar-refractivity contribution in [3.05, 3.63) is 0 Å². The van der Waals surface area contributed by atoms with Gasteiger partial charge in [0.1, 0.15) is 0 Å². The number of unbranched alkanes of at least 4 members (excludes halogenated alkanes) is 1. The summed E-state index contributed by atoms with van der Waals surface area (Å²) in [4.78, 5) is 35.4. The lowest BCUT2D eigenvalue weighted by Crippen LogP contribution is -2.41. The maximum Gasteiger partial charge on any atom is 0.324 e. The first-order valence-corrected chi connectivity index (χ1v) is 7.33. The zero-order valence-corrected chi connectivity index (χ0v) is 12.1. The van der Waals surface area contributed by atoms with Crippen molar-refractivity contribution in [2.75, 3.05) is 13.1 Å². The lowest BCUT2D eigenvalue weighted by molar-refractivity contribution is -0.137. The second-order valence-electron chi connectivity index (χ2n) is 5.34. The van der Waals surface area contributed by atoms with Crippen molar-refractivity contribution >= 4 is 17.9 Å². The fourth-order valence-electron chi connectivity index (χ4n) is 2.48. The van der Waals surface area contributed by atoms with Crippen LogP contribution in [0.2, 0.25) is 0 Å². The van der Waals surface area contributed by atoms with E-state index in [0.29, 0.717) is 25.3 Å². The summed E-state index contributed by atoms with van der Waals surface area (Å²) in [6.45, 7) is 3.57. The van der Waals surface area contributed by atoms with E-state index in [0.717, 1.165) is 25.8 Å². The predicted molar refractivity (Wildman–Crippen MR) is 74.2 cm³/mol. The van der Waals surface area contributed by atoms with Gasteiger partial charge in [0.15, 0.2) is 0 Å². The molecule has 0 bridgehead atoms. The summed E-state index contributed by atoms with van der Waals surface area (Å²) in [7, 11) is 0. The molecule has 20 heavy (non-hydrogen) atoms. The molecule has 0 aromatic rings. The highest BCUT2D eigenvalue weighted by Crippen LogP contribution is 2.20. The van der Waals surface area contributed by atoms with Gasteiger partial charge in [0.05, 0.1) is 0 Å². The van der Waals surface area contributed by atoms with E-state index in [1.54, 1.807) is 4.90 Å². The highest BCUT2D eigenvalue weighted by molar-refractivity contribution is 5.94. The van der Waals surface area contributed by atoms with Crippen LogP contribution in [0.4, 0.5) is 4.79 Å². The van der Waals surface area contributed by atoms with Gasteiger partial charge in [-0.25, -0.2) is 4.79 Å². The molecule has 6 heteroatoms. The van der Waals surface area contributed by atoms with E-state index in [1.165, 1.54) is 0 Å². The van der Waals surface area contributed by atoms with Crippen LogP contribution in [-0.4, -0.2) is 41.0 Å². The van der Waals surface area contributed by atoms with Gasteiger partial charge in [-0.15, -0.1) is 0 Å². The third kappa shape index (κ3) is 6.04. The Hall–Kier alpha value is -1.59. The van der Waals surface area contributed by atoms with Crippen LogP contribution in [0.25, 0.3) is 0 Å². The molecule has 1 aliphatic heterocycles. The molecular weight excluding hydrogens is 260 g/mol. The van der Waals surface area contributed by atoms with Crippen LogP contribution in [-0.2, 0) is 9.59 Å². The van der Waals surface area contributed by atoms with Crippen LogP contribution in [0.3, 0.4) is 0 Å². The quantitative estimate of drug-likeness (QED) is 0.700. The van der Waals surface area contributed by atoms with E-state index >= 15 is 0 Å². The van der Waals surface area contributed by atoms with Gasteiger partial charge in [-0.3, -0.25) is 14.9 Å². The second kappa shape index (κ2) is 8.55. The zero-order chi connectivity index (χ0) is 15.0. The van der Waals surface area contributed by atoms with Gasteiger partial charge < -0.3 is 10.0 Å². The number of carboxylic acids is 1. The van der Waals surface area contributed by atoms with Gasteiger partial charge in [0.25, 0.3) is 0 Å². The molecular formula is C14H24N2O4. The Morgan fingerprint density at radius 2 is 1.95 bits per heavy atom. The number of nitrogens with zero attached hydrogens (tertiary/aromatic N) is 1. The van der Waals surface area contributed by atoms with Crippen molar-refractivity contribution < 1.29 is 19.5 Å². The van der Waals surface area contributed by atoms with Gasteiger partial charge in [-0.2, -0.15) is 0 Å². The summed E-state index contributed by atoms with van der Waals surface area (Å²) < 4.78 is 0. The van der Waals surface area contributed by atoms with Gasteiger partial charge in [-0.05, 0) is 31.6 Å². The van der Waals surface area contributed by atoms with Crippen molar-refractivity contribution in [3.8, 4) is 0 Å². The molecule has 0 radical (unpaired) electrons. The molecule has 1 heterocycles. The Kier molecular flexibility index (Phi) is 7.04. The molecule has 2 N–H and O–H groups in total. The van der Waals surface area contributed by atoms with Gasteiger partial charge in [-0.1, -0.05) is 13.3 Å². The van der Waals surface area contributed by atoms with Crippen molar-refractivity contribution in [2.24, 2.45) is 5.92 Å². The monoisotopic (exact) mass is 284 g/mol. The number of imide groups is 1. The molecule has 1 saturated heterocycles. The molecule has 0 spiro atoms. The SMILES string of the molecule is CCCC1CCN(C(=O)NC(=O)CCCCC(=O)O)C1. The minimum Gasteiger partial charge on any atom is -0.481 e. The lowest BCUT2D eigenvalue weighted by atomic mass is 10.0. The summed E-state index contributed by atoms with van der Waals surface area (Å²) >= 11 is 0. The summed E-state index contributed by atoms with van der Waals surface area (Å²) in [5.41, 5.74) is 0. The minimum absolute atomic E-state index is 0.0616. The molecule has 0 saturated carbocycles.